The molecular weight excluding hydrogens is 244 g/mol. The number of methoxy groups -OCH3 is 1. The molecule has 1 atom stereocenters. The topological polar surface area (TPSA) is 55.4 Å². The van der Waals surface area contributed by atoms with Gasteiger partial charge in [0.25, 0.3) is 5.91 Å². The van der Waals surface area contributed by atoms with Crippen molar-refractivity contribution in [3.8, 4) is 0 Å². The number of benzene rings is 1. The molecule has 6 heteroatoms. The van der Waals surface area contributed by atoms with Gasteiger partial charge in [-0.05, 0) is 19.1 Å². The second-order valence-electron chi connectivity index (χ2n) is 3.78. The third-order valence-corrected chi connectivity index (χ3v) is 2.25. The number of hydrogen-bond donors (Lipinski definition) is 1. The van der Waals surface area contributed by atoms with Crippen molar-refractivity contribution < 1.29 is 23.1 Å². The molecule has 98 valence electrons. The summed E-state index contributed by atoms with van der Waals surface area (Å²) in [6.07, 6.45) is -0.0228. The zero-order chi connectivity index (χ0) is 13.7. The van der Waals surface area contributed by atoms with Crippen molar-refractivity contribution in [2.45, 2.75) is 19.4 Å². The molecule has 1 N–H and O–H groups in total. The lowest BCUT2D eigenvalue weighted by Crippen LogP contribution is -2.34. The number of hydrogen-bond acceptors (Lipinski definition) is 3. The molecule has 0 saturated carbocycles. The van der Waals surface area contributed by atoms with Gasteiger partial charge in [-0.15, -0.1) is 0 Å². The van der Waals surface area contributed by atoms with Gasteiger partial charge in [0.15, 0.2) is 0 Å². The van der Waals surface area contributed by atoms with Crippen LogP contribution in [0.1, 0.15) is 23.7 Å². The van der Waals surface area contributed by atoms with Crippen molar-refractivity contribution in [1.82, 2.24) is 5.32 Å². The van der Waals surface area contributed by atoms with Gasteiger partial charge < -0.3 is 10.1 Å². The minimum atomic E-state index is -0.947. The molecule has 0 spiro atoms. The maximum Gasteiger partial charge on any atom is 0.307 e. The summed E-state index contributed by atoms with van der Waals surface area (Å²) < 4.78 is 30.4. The van der Waals surface area contributed by atoms with Crippen molar-refractivity contribution in [1.29, 1.82) is 0 Å². The lowest BCUT2D eigenvalue weighted by atomic mass is 10.1. The maximum absolute atomic E-state index is 13.3. The van der Waals surface area contributed by atoms with E-state index in [1.807, 2.05) is 0 Å². The highest BCUT2D eigenvalue weighted by atomic mass is 19.1. The Morgan fingerprint density at radius 3 is 2.61 bits per heavy atom. The van der Waals surface area contributed by atoms with Crippen LogP contribution in [-0.4, -0.2) is 25.0 Å². The Morgan fingerprint density at radius 1 is 1.39 bits per heavy atom. The minimum Gasteiger partial charge on any atom is -0.469 e. The Balaban J connectivity index is 2.67. The normalized spacial score (nSPS) is 11.8. The first-order chi connectivity index (χ1) is 8.43. The van der Waals surface area contributed by atoms with Gasteiger partial charge >= 0.3 is 5.97 Å². The van der Waals surface area contributed by atoms with E-state index in [1.165, 1.54) is 7.11 Å². The van der Waals surface area contributed by atoms with Gasteiger partial charge in [-0.3, -0.25) is 9.59 Å². The monoisotopic (exact) mass is 257 g/mol. The highest BCUT2D eigenvalue weighted by Gasteiger charge is 2.16. The zero-order valence-corrected chi connectivity index (χ0v) is 10.00. The van der Waals surface area contributed by atoms with E-state index in [9.17, 15) is 18.4 Å². The summed E-state index contributed by atoms with van der Waals surface area (Å²) >= 11 is 0. The molecule has 1 aromatic rings. The average molecular weight is 257 g/mol. The van der Waals surface area contributed by atoms with E-state index in [0.29, 0.717) is 6.07 Å². The predicted octanol–water partition coefficient (Wildman–Crippen LogP) is 1.65. The Kier molecular flexibility index (Phi) is 4.76. The molecule has 1 rings (SSSR count). The molecule has 0 aliphatic carbocycles. The summed E-state index contributed by atoms with van der Waals surface area (Å²) in [5, 5.41) is 2.42. The Morgan fingerprint density at radius 2 is 2.06 bits per heavy atom. The summed E-state index contributed by atoms with van der Waals surface area (Å²) in [7, 11) is 1.23. The second-order valence-corrected chi connectivity index (χ2v) is 3.78. The number of carbonyl (C=O) groups is 2. The molecule has 18 heavy (non-hydrogen) atoms. The number of ether oxygens (including phenoxy) is 1. The second kappa shape index (κ2) is 6.09. The van der Waals surface area contributed by atoms with Gasteiger partial charge in [0, 0.05) is 12.1 Å². The summed E-state index contributed by atoms with van der Waals surface area (Å²) in [4.78, 5) is 22.6. The third kappa shape index (κ3) is 3.80. The van der Waals surface area contributed by atoms with Gasteiger partial charge in [0.1, 0.15) is 11.6 Å². The largest absolute Gasteiger partial charge is 0.469 e. The Bertz CT molecular complexity index is 463. The van der Waals surface area contributed by atoms with Crippen LogP contribution in [0.2, 0.25) is 0 Å². The van der Waals surface area contributed by atoms with E-state index in [0.717, 1.165) is 12.1 Å². The molecule has 0 saturated heterocycles. The van der Waals surface area contributed by atoms with Crippen LogP contribution in [-0.2, 0) is 9.53 Å². The molecular formula is C12H13F2NO3. The average Bonchev–Trinajstić information content (AvgIpc) is 2.28. The summed E-state index contributed by atoms with van der Waals surface area (Å²) in [5.41, 5.74) is -0.270. The van der Waals surface area contributed by atoms with E-state index in [4.69, 9.17) is 0 Å². The fourth-order valence-electron chi connectivity index (χ4n) is 1.36. The van der Waals surface area contributed by atoms with Crippen LogP contribution >= 0.6 is 0 Å². The Hall–Kier alpha value is -1.98. The molecule has 1 amide bonds. The number of esters is 1. The van der Waals surface area contributed by atoms with E-state index in [-0.39, 0.29) is 12.0 Å². The van der Waals surface area contributed by atoms with Crippen molar-refractivity contribution in [3.63, 3.8) is 0 Å². The van der Waals surface area contributed by atoms with Crippen molar-refractivity contribution in [2.24, 2.45) is 0 Å². The number of rotatable bonds is 4. The molecule has 1 aromatic carbocycles. The van der Waals surface area contributed by atoms with Crippen LogP contribution in [0.5, 0.6) is 0 Å². The number of nitrogens with one attached hydrogen (secondary N) is 1. The van der Waals surface area contributed by atoms with Gasteiger partial charge in [-0.25, -0.2) is 8.78 Å². The highest BCUT2D eigenvalue weighted by Crippen LogP contribution is 2.09. The first kappa shape index (κ1) is 14.1. The molecule has 0 aliphatic rings. The van der Waals surface area contributed by atoms with Crippen molar-refractivity contribution >= 4 is 11.9 Å². The summed E-state index contributed by atoms with van der Waals surface area (Å²) in [6, 6.07) is 2.16. The van der Waals surface area contributed by atoms with E-state index in [2.05, 4.69) is 10.1 Å². The maximum atomic E-state index is 13.3. The first-order valence-corrected chi connectivity index (χ1v) is 5.26. The van der Waals surface area contributed by atoms with Gasteiger partial charge in [-0.1, -0.05) is 0 Å². The van der Waals surface area contributed by atoms with Crippen LogP contribution < -0.4 is 5.32 Å². The molecule has 0 fully saturated rings. The number of carbonyl (C=O) groups excluding carboxylic acids is 2. The first-order valence-electron chi connectivity index (χ1n) is 5.26. The third-order valence-electron chi connectivity index (χ3n) is 2.25. The highest BCUT2D eigenvalue weighted by molar-refractivity contribution is 5.94. The lowest BCUT2D eigenvalue weighted by Gasteiger charge is -2.12. The zero-order valence-electron chi connectivity index (χ0n) is 10.00. The molecule has 0 aromatic heterocycles. The summed E-state index contributed by atoms with van der Waals surface area (Å²) in [5.74, 6) is -2.89. The van der Waals surface area contributed by atoms with Crippen molar-refractivity contribution in [2.75, 3.05) is 7.11 Å². The smallest absolute Gasteiger partial charge is 0.307 e. The van der Waals surface area contributed by atoms with E-state index >= 15 is 0 Å². The fraction of sp³-hybridized carbons (Fsp3) is 0.333. The van der Waals surface area contributed by atoms with Crippen LogP contribution in [0.25, 0.3) is 0 Å². The fourth-order valence-corrected chi connectivity index (χ4v) is 1.36. The molecule has 0 aliphatic heterocycles. The van der Waals surface area contributed by atoms with E-state index < -0.39 is 29.6 Å². The molecule has 1 unspecified atom stereocenters. The molecule has 0 radical (unpaired) electrons. The van der Waals surface area contributed by atoms with E-state index in [1.54, 1.807) is 6.92 Å². The van der Waals surface area contributed by atoms with Gasteiger partial charge in [0.05, 0.1) is 19.1 Å². The summed E-state index contributed by atoms with van der Waals surface area (Å²) in [6.45, 7) is 1.58. The number of amides is 1. The molecule has 0 bridgehead atoms. The van der Waals surface area contributed by atoms with Crippen LogP contribution in [0.4, 0.5) is 8.78 Å². The quantitative estimate of drug-likeness (QED) is 0.834. The Labute approximate surface area is 103 Å². The SMILES string of the molecule is COC(=O)CC(C)NC(=O)c1ccc(F)cc1F. The van der Waals surface area contributed by atoms with Crippen molar-refractivity contribution in [3.05, 3.63) is 35.4 Å². The molecule has 0 heterocycles. The predicted molar refractivity (Wildman–Crippen MR) is 59.9 cm³/mol. The van der Waals surface area contributed by atoms with Gasteiger partial charge in [0.2, 0.25) is 0 Å². The molecule has 4 nitrogen and oxygen atoms in total. The van der Waals surface area contributed by atoms with Crippen LogP contribution in [0.15, 0.2) is 18.2 Å². The minimum absolute atomic E-state index is 0.0228. The van der Waals surface area contributed by atoms with Crippen LogP contribution in [0, 0.1) is 11.6 Å². The number of halogens is 2. The lowest BCUT2D eigenvalue weighted by molar-refractivity contribution is -0.141. The van der Waals surface area contributed by atoms with Crippen LogP contribution in [0.3, 0.4) is 0 Å². The van der Waals surface area contributed by atoms with Gasteiger partial charge in [-0.2, -0.15) is 0 Å². The standard InChI is InChI=1S/C12H13F2NO3/c1-7(5-11(16)18-2)15-12(17)9-4-3-8(13)6-10(9)14/h3-4,6-7H,5H2,1-2H3,(H,15,17).